The molecule has 2 aromatic rings. The number of amides is 7. The number of nitrogens with one attached hydrogen (secondary N) is 3. The third kappa shape index (κ3) is 20.3. The molecule has 26 nitrogen and oxygen atoms in total. The number of esters is 2. The van der Waals surface area contributed by atoms with Crippen LogP contribution in [0, 0.1) is 24.7 Å². The highest BCUT2D eigenvalue weighted by Gasteiger charge is 2.64. The monoisotopic (exact) mass is 1340 g/mol. The minimum Gasteiger partial charge on any atom is -0.508 e. The molecule has 0 aromatic heterocycles. The number of hydrogen-bond donors (Lipinski definition) is 6. The molecule has 7 amide bonds. The largest absolute Gasteiger partial charge is 0.508 e. The van der Waals surface area contributed by atoms with Crippen LogP contribution in [0.4, 0.5) is 10.5 Å². The number of phenols is 1. The lowest BCUT2D eigenvalue weighted by atomic mass is 9.78. The first-order valence-electron chi connectivity index (χ1n) is 31.0. The number of aryl methyl sites for hydroxylation is 1. The summed E-state index contributed by atoms with van der Waals surface area (Å²) in [6.45, 7) is 13.2. The molecule has 4 heterocycles. The van der Waals surface area contributed by atoms with Crippen molar-refractivity contribution in [2.45, 2.75) is 167 Å². The first kappa shape index (κ1) is 74.6. The third-order valence-corrected chi connectivity index (χ3v) is 18.0. The number of nitrogens with zero attached hydrogens (tertiary/aromatic N) is 3. The number of aliphatic hydroxyl groups is 1. The van der Waals surface area contributed by atoms with Gasteiger partial charge in [0.1, 0.15) is 41.3 Å². The number of imide groups is 1. The van der Waals surface area contributed by atoms with E-state index in [0.717, 1.165) is 22.1 Å². The van der Waals surface area contributed by atoms with Crippen LogP contribution in [0.2, 0.25) is 5.02 Å². The van der Waals surface area contributed by atoms with Crippen LogP contribution >= 0.6 is 23.8 Å². The number of primary amides is 1. The molecular formula is C65H88ClN7O19S. The maximum absolute atomic E-state index is 14.5. The van der Waals surface area contributed by atoms with Gasteiger partial charge in [0, 0.05) is 89.4 Å². The molecule has 510 valence electrons. The summed E-state index contributed by atoms with van der Waals surface area (Å²) in [6, 6.07) is 4.45. The Balaban J connectivity index is 1.09. The number of methoxy groups -OCH3 is 1. The number of epoxide rings is 1. The molecule has 10 atom stereocenters. The second-order valence-corrected chi connectivity index (χ2v) is 25.5. The summed E-state index contributed by atoms with van der Waals surface area (Å²) in [4.78, 5) is 139. The molecule has 4 aliphatic rings. The summed E-state index contributed by atoms with van der Waals surface area (Å²) < 4.78 is 35.1. The third-order valence-electron chi connectivity index (χ3n) is 17.2. The number of ketones is 1. The van der Waals surface area contributed by atoms with Gasteiger partial charge in [-0.1, -0.05) is 80.5 Å². The first-order chi connectivity index (χ1) is 43.9. The molecular weight excluding hydrogens is 1250 g/mol. The van der Waals surface area contributed by atoms with Crippen molar-refractivity contribution in [2.75, 3.05) is 65.6 Å². The summed E-state index contributed by atoms with van der Waals surface area (Å²) in [5.41, 5.74) is 5.22. The number of aromatic hydroxyl groups is 1. The van der Waals surface area contributed by atoms with E-state index in [1.165, 1.54) is 38.1 Å². The molecule has 3 saturated heterocycles. The van der Waals surface area contributed by atoms with Gasteiger partial charge in [-0.15, -0.1) is 5.06 Å². The number of fused-ring (bicyclic) bond motifs is 5. The Kier molecular flexibility index (Phi) is 27.0. The number of phenolic OH excluding ortho intramolecular Hbond substituents is 1. The van der Waals surface area contributed by atoms with E-state index in [0.29, 0.717) is 32.7 Å². The molecule has 0 spiro atoms. The number of allylic oxidation sites excluding steroid dienone is 3. The minimum atomic E-state index is -1.66. The second-order valence-electron chi connectivity index (χ2n) is 24.7. The Morgan fingerprint density at radius 1 is 0.957 bits per heavy atom. The quantitative estimate of drug-likeness (QED) is 0.0231. The SMILES string of the molecule is CO[C@@H]1/C=C/C=C(\C)Cc2cc(C)c(Cl)c(c2)N(C)C(=O)C[C@H](OC(=O)[C@H](C)N(C)C(=O)c2ccc(CC(=O)[C@H](CCCNC(N)=O)NC(=O)[C@@H](CC(=S)NCCOCCOCCC(=O)ON3C(=O)CCC3=O)C(C)C)c(O)c2)[C@]2(C)O[C@H]2[C@H](C)[C@@H]2C[C@@]1(O)CC(=O)O2. The number of urea groups is 1. The van der Waals surface area contributed by atoms with Gasteiger partial charge in [0.15, 0.2) is 5.78 Å². The number of rotatable bonds is 27. The highest BCUT2D eigenvalue weighted by molar-refractivity contribution is 7.80. The lowest BCUT2D eigenvalue weighted by molar-refractivity contribution is -0.198. The van der Waals surface area contributed by atoms with E-state index >= 15 is 0 Å². The molecule has 6 rings (SSSR count). The molecule has 4 aliphatic heterocycles. The van der Waals surface area contributed by atoms with Gasteiger partial charge < -0.3 is 75.0 Å². The van der Waals surface area contributed by atoms with Crippen molar-refractivity contribution in [1.29, 1.82) is 0 Å². The number of carbonyl (C=O) groups excluding carboxylic acids is 10. The Morgan fingerprint density at radius 2 is 1.65 bits per heavy atom. The van der Waals surface area contributed by atoms with Crippen LogP contribution < -0.4 is 26.6 Å². The minimum absolute atomic E-state index is 0.0110. The van der Waals surface area contributed by atoms with Crippen molar-refractivity contribution in [1.82, 2.24) is 25.9 Å². The fraction of sp³-hybridized carbons (Fsp3) is 0.585. The normalized spacial score (nSPS) is 24.3. The average Bonchev–Trinajstić information content (AvgIpc) is 1.59. The number of thiocarbonyl (C=S) groups is 1. The summed E-state index contributed by atoms with van der Waals surface area (Å²) in [7, 11) is 4.36. The van der Waals surface area contributed by atoms with E-state index in [-0.39, 0.29) is 114 Å². The number of Topliss-reactive ketones (excluding diaryl/α,β-unsaturated/α-hetero) is 1. The van der Waals surface area contributed by atoms with Crippen molar-refractivity contribution in [3.63, 3.8) is 0 Å². The van der Waals surface area contributed by atoms with Crippen molar-refractivity contribution in [3.8, 4) is 5.75 Å². The van der Waals surface area contributed by atoms with Crippen LogP contribution in [-0.2, 0) is 84.5 Å². The molecule has 0 aliphatic carbocycles. The van der Waals surface area contributed by atoms with Gasteiger partial charge in [0.25, 0.3) is 17.7 Å². The number of hydroxylamine groups is 2. The van der Waals surface area contributed by atoms with Gasteiger partial charge in [0.05, 0.1) is 73.5 Å². The van der Waals surface area contributed by atoms with Crippen molar-refractivity contribution >= 4 is 93.8 Å². The topological polar surface area (TPSA) is 351 Å². The number of nitrogens with two attached hydrogens (primary N) is 1. The molecule has 0 unspecified atom stereocenters. The average molecular weight is 1340 g/mol. The number of ether oxygens (including phenoxy) is 6. The van der Waals surface area contributed by atoms with E-state index in [9.17, 15) is 58.2 Å². The van der Waals surface area contributed by atoms with Gasteiger partial charge in [-0.2, -0.15) is 0 Å². The van der Waals surface area contributed by atoms with Gasteiger partial charge >= 0.3 is 23.9 Å². The highest BCUT2D eigenvalue weighted by atomic mass is 35.5. The Bertz CT molecular complexity index is 3180. The molecule has 0 radical (unpaired) electrons. The van der Waals surface area contributed by atoms with Gasteiger partial charge in [0.2, 0.25) is 11.8 Å². The van der Waals surface area contributed by atoms with Crippen LogP contribution in [0.15, 0.2) is 54.1 Å². The smallest absolute Gasteiger partial charge is 0.335 e. The van der Waals surface area contributed by atoms with E-state index in [1.54, 1.807) is 33.0 Å². The molecule has 93 heavy (non-hydrogen) atoms. The molecule has 0 saturated carbocycles. The predicted octanol–water partition coefficient (Wildman–Crippen LogP) is 4.74. The first-order valence-corrected chi connectivity index (χ1v) is 31.8. The van der Waals surface area contributed by atoms with E-state index in [1.807, 2.05) is 45.9 Å². The van der Waals surface area contributed by atoms with Crippen molar-refractivity contribution in [3.05, 3.63) is 81.4 Å². The fourth-order valence-corrected chi connectivity index (χ4v) is 11.9. The Labute approximate surface area is 551 Å². The van der Waals surface area contributed by atoms with E-state index in [2.05, 4.69) is 16.0 Å². The van der Waals surface area contributed by atoms with Gasteiger partial charge in [-0.05, 0) is 82.2 Å². The second kappa shape index (κ2) is 33.6. The number of hydrogen-bond acceptors (Lipinski definition) is 20. The molecule has 3 fully saturated rings. The summed E-state index contributed by atoms with van der Waals surface area (Å²) >= 11 is 12.4. The number of likely N-dealkylation sites (N-methyl/N-ethyl adjacent to an activating group) is 1. The maximum atomic E-state index is 14.5. The lowest BCUT2D eigenvalue weighted by Gasteiger charge is -2.41. The summed E-state index contributed by atoms with van der Waals surface area (Å²) in [5, 5.41) is 32.6. The summed E-state index contributed by atoms with van der Waals surface area (Å²) in [5.74, 6) is -7.65. The van der Waals surface area contributed by atoms with Crippen molar-refractivity contribution in [2.24, 2.45) is 23.5 Å². The number of halogens is 1. The fourth-order valence-electron chi connectivity index (χ4n) is 11.4. The van der Waals surface area contributed by atoms with E-state index in [4.69, 9.17) is 62.8 Å². The molecule has 7 N–H and O–H groups in total. The number of carbonyl (C=O) groups is 10. The number of benzene rings is 2. The Hall–Kier alpha value is -7.40. The summed E-state index contributed by atoms with van der Waals surface area (Å²) in [6.07, 6.45) is 1.02. The Morgan fingerprint density at radius 3 is 2.30 bits per heavy atom. The molecule has 28 heteroatoms. The van der Waals surface area contributed by atoms with Crippen LogP contribution in [-0.4, -0.2) is 193 Å². The zero-order valence-electron chi connectivity index (χ0n) is 54.4. The van der Waals surface area contributed by atoms with Crippen molar-refractivity contribution < 1.29 is 91.4 Å². The molecule has 4 bridgehead atoms. The zero-order valence-corrected chi connectivity index (χ0v) is 55.9. The molecule has 2 aromatic carbocycles. The maximum Gasteiger partial charge on any atom is 0.335 e. The highest BCUT2D eigenvalue weighted by Crippen LogP contribution is 2.50. The predicted molar refractivity (Wildman–Crippen MR) is 342 cm³/mol. The van der Waals surface area contributed by atoms with Crippen LogP contribution in [0.5, 0.6) is 5.75 Å². The van der Waals surface area contributed by atoms with Crippen LogP contribution in [0.1, 0.15) is 126 Å². The van der Waals surface area contributed by atoms with Crippen LogP contribution in [0.3, 0.4) is 0 Å². The number of anilines is 1. The van der Waals surface area contributed by atoms with Crippen LogP contribution in [0.25, 0.3) is 0 Å². The zero-order chi connectivity index (χ0) is 68.6. The lowest BCUT2D eigenvalue weighted by Crippen LogP contribution is -2.53. The van der Waals surface area contributed by atoms with Gasteiger partial charge in [-0.3, -0.25) is 33.6 Å². The van der Waals surface area contributed by atoms with Gasteiger partial charge in [-0.25, -0.2) is 14.4 Å². The van der Waals surface area contributed by atoms with E-state index < -0.39 is 131 Å². The standard InChI is InChI=1S/C65H88ClN7O19S/c1-36(2)44(32-52(93)68-22-24-88-26-25-87-23-20-56(79)92-73-53(76)18-19-54(73)77)60(81)70-45(14-12-21-69-63(67)84)48(75)30-42-16-17-43(31-47(42)74)61(82)71(8)40(6)62(83)90-51-33-55(78)72(9)46-29-41(28-38(4)58(46)66)27-37(3)13-11-15-50(86-10)65(85)34-49(89-57(80)35-65)39(5)59-64(51,7)91-59/h11,13,15-17,28-29,31,36,39-40,44-45,49-51,59,74,85H,12,14,18-27,30,32-35H2,1-10H3,(H,68,93)(H,70,81)(H3,67,69,84)/b15-11+,37-13+/t39-,40+,44+,45+,49+,50-,51+,59+,64+,65-/m1/s1.